The Labute approximate surface area is 186 Å². The van der Waals surface area contributed by atoms with Crippen LogP contribution in [0.25, 0.3) is 0 Å². The fourth-order valence-electron chi connectivity index (χ4n) is 3.56. The smallest absolute Gasteiger partial charge is 0.231 e. The molecule has 2 aliphatic rings. The van der Waals surface area contributed by atoms with Crippen molar-refractivity contribution in [3.05, 3.63) is 40.9 Å². The summed E-state index contributed by atoms with van der Waals surface area (Å²) < 4.78 is 21.6. The minimum Gasteiger partial charge on any atom is -0.495 e. The minimum absolute atomic E-state index is 0.298. The van der Waals surface area contributed by atoms with Crippen LogP contribution in [-0.2, 0) is 6.54 Å². The van der Waals surface area contributed by atoms with E-state index in [9.17, 15) is 0 Å². The van der Waals surface area contributed by atoms with Crippen molar-refractivity contribution in [2.75, 3.05) is 52.5 Å². The van der Waals surface area contributed by atoms with Gasteiger partial charge in [-0.15, -0.1) is 0 Å². The topological polar surface area (TPSA) is 55.4 Å². The first kappa shape index (κ1) is 20.8. The molecule has 7 nitrogen and oxygen atoms in total. The lowest BCUT2D eigenvalue weighted by Gasteiger charge is -2.36. The maximum atomic E-state index is 6.18. The van der Waals surface area contributed by atoms with Gasteiger partial charge in [-0.05, 0) is 29.9 Å². The standard InChI is InChI=1S/C21H24ClN3O4S/c1-26-18-11-16(19(27-2)10-15(18)22)23-21(30)25-7-5-24(6-8-25)12-14-3-4-17-20(9-14)29-13-28-17/h3-4,9-11H,5-8,12-13H2,1-2H3,(H,23,30). The molecule has 30 heavy (non-hydrogen) atoms. The molecule has 0 aromatic heterocycles. The van der Waals surface area contributed by atoms with Crippen LogP contribution in [0.1, 0.15) is 5.56 Å². The highest BCUT2D eigenvalue weighted by atomic mass is 35.5. The van der Waals surface area contributed by atoms with Crippen molar-refractivity contribution in [2.45, 2.75) is 6.54 Å². The summed E-state index contributed by atoms with van der Waals surface area (Å²) in [7, 11) is 3.18. The molecule has 0 atom stereocenters. The average Bonchev–Trinajstić information content (AvgIpc) is 3.23. The predicted molar refractivity (Wildman–Crippen MR) is 120 cm³/mol. The summed E-state index contributed by atoms with van der Waals surface area (Å²) >= 11 is 11.8. The Bertz CT molecular complexity index is 935. The van der Waals surface area contributed by atoms with Crippen LogP contribution in [0.3, 0.4) is 0 Å². The zero-order valence-electron chi connectivity index (χ0n) is 16.9. The third-order valence-corrected chi connectivity index (χ3v) is 5.87. The molecule has 0 amide bonds. The number of fused-ring (bicyclic) bond motifs is 1. The molecule has 2 aromatic rings. The molecular weight excluding hydrogens is 426 g/mol. The Morgan fingerprint density at radius 1 is 1.03 bits per heavy atom. The van der Waals surface area contributed by atoms with Gasteiger partial charge in [-0.1, -0.05) is 17.7 Å². The Morgan fingerprint density at radius 2 is 1.77 bits per heavy atom. The van der Waals surface area contributed by atoms with E-state index in [0.717, 1.165) is 49.9 Å². The number of benzene rings is 2. The molecular formula is C21H24ClN3O4S. The maximum Gasteiger partial charge on any atom is 0.231 e. The molecule has 2 aromatic carbocycles. The first-order chi connectivity index (χ1) is 14.6. The Morgan fingerprint density at radius 3 is 2.50 bits per heavy atom. The first-order valence-electron chi connectivity index (χ1n) is 9.65. The van der Waals surface area contributed by atoms with Crippen LogP contribution in [0, 0.1) is 0 Å². The van der Waals surface area contributed by atoms with Crippen molar-refractivity contribution in [2.24, 2.45) is 0 Å². The highest BCUT2D eigenvalue weighted by molar-refractivity contribution is 7.80. The number of hydrogen-bond acceptors (Lipinski definition) is 6. The summed E-state index contributed by atoms with van der Waals surface area (Å²) in [5.41, 5.74) is 1.94. The van der Waals surface area contributed by atoms with Crippen molar-refractivity contribution < 1.29 is 18.9 Å². The van der Waals surface area contributed by atoms with Gasteiger partial charge in [0.1, 0.15) is 11.5 Å². The zero-order chi connectivity index (χ0) is 21.1. The van der Waals surface area contributed by atoms with E-state index in [-0.39, 0.29) is 0 Å². The third-order valence-electron chi connectivity index (χ3n) is 5.22. The number of ether oxygens (including phenoxy) is 4. The van der Waals surface area contributed by atoms with Crippen LogP contribution in [0.5, 0.6) is 23.0 Å². The first-order valence-corrected chi connectivity index (χ1v) is 10.4. The van der Waals surface area contributed by atoms with Gasteiger partial charge < -0.3 is 29.2 Å². The monoisotopic (exact) mass is 449 g/mol. The van der Waals surface area contributed by atoms with E-state index in [2.05, 4.69) is 27.2 Å². The van der Waals surface area contributed by atoms with Crippen LogP contribution in [-0.4, -0.2) is 62.1 Å². The molecule has 1 N–H and O–H groups in total. The van der Waals surface area contributed by atoms with E-state index >= 15 is 0 Å². The van der Waals surface area contributed by atoms with Gasteiger partial charge in [0.05, 0.1) is 24.9 Å². The zero-order valence-corrected chi connectivity index (χ0v) is 18.5. The van der Waals surface area contributed by atoms with Gasteiger partial charge in [-0.3, -0.25) is 4.90 Å². The Kier molecular flexibility index (Phi) is 6.36. The molecule has 0 aliphatic carbocycles. The molecule has 0 bridgehead atoms. The fraction of sp³-hybridized carbons (Fsp3) is 0.381. The van der Waals surface area contributed by atoms with Gasteiger partial charge in [-0.2, -0.15) is 0 Å². The minimum atomic E-state index is 0.298. The second-order valence-electron chi connectivity index (χ2n) is 7.07. The van der Waals surface area contributed by atoms with Crippen molar-refractivity contribution in [1.29, 1.82) is 0 Å². The SMILES string of the molecule is COc1cc(NC(=S)N2CCN(Cc3ccc4c(c3)OCO4)CC2)c(OC)cc1Cl. The summed E-state index contributed by atoms with van der Waals surface area (Å²) in [6.07, 6.45) is 0. The van der Waals surface area contributed by atoms with Gasteiger partial charge in [0.25, 0.3) is 0 Å². The summed E-state index contributed by atoms with van der Waals surface area (Å²) in [6, 6.07) is 9.63. The molecule has 1 saturated heterocycles. The highest BCUT2D eigenvalue weighted by Gasteiger charge is 2.21. The van der Waals surface area contributed by atoms with Crippen LogP contribution >= 0.6 is 23.8 Å². The number of methoxy groups -OCH3 is 2. The van der Waals surface area contributed by atoms with Crippen molar-refractivity contribution in [3.8, 4) is 23.0 Å². The molecule has 9 heteroatoms. The molecule has 0 spiro atoms. The molecule has 160 valence electrons. The number of nitrogens with one attached hydrogen (secondary N) is 1. The fourth-order valence-corrected chi connectivity index (χ4v) is 4.08. The van der Waals surface area contributed by atoms with Crippen molar-refractivity contribution in [1.82, 2.24) is 9.80 Å². The number of anilines is 1. The van der Waals surface area contributed by atoms with Gasteiger partial charge in [-0.25, -0.2) is 0 Å². The van der Waals surface area contributed by atoms with Gasteiger partial charge in [0, 0.05) is 44.9 Å². The molecule has 1 fully saturated rings. The molecule has 2 heterocycles. The van der Waals surface area contributed by atoms with E-state index in [4.69, 9.17) is 42.8 Å². The third kappa shape index (κ3) is 4.50. The second-order valence-corrected chi connectivity index (χ2v) is 7.86. The Balaban J connectivity index is 1.33. The lowest BCUT2D eigenvalue weighted by molar-refractivity contribution is 0.173. The lowest BCUT2D eigenvalue weighted by atomic mass is 10.1. The average molecular weight is 450 g/mol. The van der Waals surface area contributed by atoms with Crippen LogP contribution in [0.15, 0.2) is 30.3 Å². The molecule has 0 unspecified atom stereocenters. The van der Waals surface area contributed by atoms with Gasteiger partial charge in [0.15, 0.2) is 16.6 Å². The molecule has 2 aliphatic heterocycles. The normalized spacial score (nSPS) is 15.8. The number of piperazine rings is 1. The van der Waals surface area contributed by atoms with E-state index < -0.39 is 0 Å². The van der Waals surface area contributed by atoms with Crippen molar-refractivity contribution >= 4 is 34.6 Å². The van der Waals surface area contributed by atoms with Crippen LogP contribution in [0.4, 0.5) is 5.69 Å². The molecule has 0 saturated carbocycles. The lowest BCUT2D eigenvalue weighted by Crippen LogP contribution is -2.49. The van der Waals surface area contributed by atoms with E-state index in [1.807, 2.05) is 6.07 Å². The van der Waals surface area contributed by atoms with E-state index in [1.54, 1.807) is 26.4 Å². The van der Waals surface area contributed by atoms with Crippen molar-refractivity contribution in [3.63, 3.8) is 0 Å². The molecule has 4 rings (SSSR count). The quantitative estimate of drug-likeness (QED) is 0.695. The summed E-state index contributed by atoms with van der Waals surface area (Å²) in [5, 5.41) is 4.41. The molecule has 0 radical (unpaired) electrons. The number of hydrogen-bond donors (Lipinski definition) is 1. The second kappa shape index (κ2) is 9.16. The van der Waals surface area contributed by atoms with Gasteiger partial charge >= 0.3 is 0 Å². The summed E-state index contributed by atoms with van der Waals surface area (Å²) in [5.74, 6) is 2.82. The predicted octanol–water partition coefficient (Wildman–Crippen LogP) is 3.60. The largest absolute Gasteiger partial charge is 0.495 e. The number of nitrogens with zero attached hydrogens (tertiary/aromatic N) is 2. The van der Waals surface area contributed by atoms with E-state index in [0.29, 0.717) is 28.4 Å². The number of rotatable bonds is 5. The Hall–Kier alpha value is -2.42. The maximum absolute atomic E-state index is 6.18. The number of thiocarbonyl (C=S) groups is 1. The highest BCUT2D eigenvalue weighted by Crippen LogP contribution is 2.36. The summed E-state index contributed by atoms with van der Waals surface area (Å²) in [4.78, 5) is 4.56. The van der Waals surface area contributed by atoms with E-state index in [1.165, 1.54) is 5.56 Å². The number of halogens is 1. The van der Waals surface area contributed by atoms with Gasteiger partial charge in [0.2, 0.25) is 6.79 Å². The van der Waals surface area contributed by atoms with Crippen LogP contribution in [0.2, 0.25) is 5.02 Å². The summed E-state index contributed by atoms with van der Waals surface area (Å²) in [6.45, 7) is 4.67. The van der Waals surface area contributed by atoms with Crippen LogP contribution < -0.4 is 24.3 Å².